The van der Waals surface area contributed by atoms with Gasteiger partial charge in [0.2, 0.25) is 0 Å². The number of rotatable bonds is 4. The van der Waals surface area contributed by atoms with E-state index in [0.29, 0.717) is 22.0 Å². The van der Waals surface area contributed by atoms with Gasteiger partial charge in [0.1, 0.15) is 22.9 Å². The van der Waals surface area contributed by atoms with Crippen molar-refractivity contribution in [1.82, 2.24) is 0 Å². The Morgan fingerprint density at radius 3 is 2.65 bits per heavy atom. The van der Waals surface area contributed by atoms with Crippen LogP contribution < -0.4 is 4.74 Å². The molecule has 5 nitrogen and oxygen atoms in total. The van der Waals surface area contributed by atoms with Crippen molar-refractivity contribution < 1.29 is 14.9 Å². The Balaban J connectivity index is 2.34. The number of benzene rings is 2. The van der Waals surface area contributed by atoms with E-state index in [-0.39, 0.29) is 18.0 Å². The van der Waals surface area contributed by atoms with Gasteiger partial charge in [-0.1, -0.05) is 23.7 Å². The minimum Gasteiger partial charge on any atom is -0.506 e. The average molecular weight is 293 g/mol. The fourth-order valence-corrected chi connectivity index (χ4v) is 1.83. The van der Waals surface area contributed by atoms with Gasteiger partial charge in [0.25, 0.3) is 0 Å². The van der Waals surface area contributed by atoms with Crippen LogP contribution in [0.5, 0.6) is 11.5 Å². The van der Waals surface area contributed by atoms with Gasteiger partial charge in [0.15, 0.2) is 0 Å². The summed E-state index contributed by atoms with van der Waals surface area (Å²) in [4.78, 5) is 0. The molecule has 20 heavy (non-hydrogen) atoms. The Bertz CT molecular complexity index is 644. The minimum atomic E-state index is -0.237. The summed E-state index contributed by atoms with van der Waals surface area (Å²) in [5, 5.41) is 27.3. The van der Waals surface area contributed by atoms with Crippen molar-refractivity contribution in [3.63, 3.8) is 0 Å². The number of hydrogen-bond donors (Lipinski definition) is 2. The zero-order valence-electron chi connectivity index (χ0n) is 10.7. The minimum absolute atomic E-state index is 0.0510. The number of phenolic OH excluding ortho intramolecular Hbond substituents is 1. The van der Waals surface area contributed by atoms with E-state index in [1.807, 2.05) is 0 Å². The molecule has 2 aromatic carbocycles. The van der Waals surface area contributed by atoms with Crippen LogP contribution in [0.1, 0.15) is 5.56 Å². The molecule has 104 valence electrons. The van der Waals surface area contributed by atoms with E-state index >= 15 is 0 Å². The Morgan fingerprint density at radius 2 is 2.00 bits per heavy atom. The number of phenols is 1. The summed E-state index contributed by atoms with van der Waals surface area (Å²) in [5.74, 6) is 0.567. The highest BCUT2D eigenvalue weighted by Crippen LogP contribution is 2.34. The van der Waals surface area contributed by atoms with E-state index in [2.05, 4.69) is 10.2 Å². The van der Waals surface area contributed by atoms with Crippen molar-refractivity contribution in [2.75, 3.05) is 7.11 Å². The Kier molecular flexibility index (Phi) is 4.55. The van der Waals surface area contributed by atoms with Crippen LogP contribution in [-0.2, 0) is 6.61 Å². The van der Waals surface area contributed by atoms with Gasteiger partial charge in [-0.3, -0.25) is 0 Å². The Morgan fingerprint density at radius 1 is 1.20 bits per heavy atom. The maximum Gasteiger partial charge on any atom is 0.143 e. The number of hydrogen-bond acceptors (Lipinski definition) is 5. The highest BCUT2D eigenvalue weighted by atomic mass is 35.5. The number of aliphatic hydroxyl groups excluding tert-OH is 1. The molecule has 0 aliphatic heterocycles. The highest BCUT2D eigenvalue weighted by molar-refractivity contribution is 6.33. The number of azo groups is 1. The van der Waals surface area contributed by atoms with Crippen LogP contribution in [0, 0.1) is 0 Å². The fraction of sp³-hybridized carbons (Fsp3) is 0.143. The van der Waals surface area contributed by atoms with Gasteiger partial charge in [-0.15, -0.1) is 10.2 Å². The predicted molar refractivity (Wildman–Crippen MR) is 76.2 cm³/mol. The Labute approximate surface area is 121 Å². The summed E-state index contributed by atoms with van der Waals surface area (Å²) in [6.45, 7) is -0.237. The zero-order valence-corrected chi connectivity index (χ0v) is 11.5. The molecule has 0 unspecified atom stereocenters. The number of aliphatic hydroxyl groups is 1. The van der Waals surface area contributed by atoms with Gasteiger partial charge < -0.3 is 14.9 Å². The number of methoxy groups -OCH3 is 1. The summed E-state index contributed by atoms with van der Waals surface area (Å²) < 4.78 is 5.04. The third-order valence-electron chi connectivity index (χ3n) is 2.68. The number of ether oxygens (including phenoxy) is 1. The summed E-state index contributed by atoms with van der Waals surface area (Å²) in [6.07, 6.45) is 0. The number of nitrogens with zero attached hydrogens (tertiary/aromatic N) is 2. The van der Waals surface area contributed by atoms with Crippen LogP contribution in [-0.4, -0.2) is 17.3 Å². The van der Waals surface area contributed by atoms with E-state index in [1.165, 1.54) is 6.07 Å². The van der Waals surface area contributed by atoms with E-state index < -0.39 is 0 Å². The molecule has 0 aromatic heterocycles. The van der Waals surface area contributed by atoms with Gasteiger partial charge in [0.05, 0.1) is 18.7 Å². The van der Waals surface area contributed by atoms with Crippen LogP contribution in [0.25, 0.3) is 0 Å². The molecule has 0 saturated heterocycles. The number of halogens is 1. The summed E-state index contributed by atoms with van der Waals surface area (Å²) in [6, 6.07) is 9.74. The lowest BCUT2D eigenvalue weighted by molar-refractivity contribution is 0.281. The molecule has 2 rings (SSSR count). The van der Waals surface area contributed by atoms with Crippen LogP contribution in [0.3, 0.4) is 0 Å². The lowest BCUT2D eigenvalue weighted by atomic mass is 10.2. The first-order valence-corrected chi connectivity index (χ1v) is 6.20. The molecule has 0 bridgehead atoms. The first-order chi connectivity index (χ1) is 9.65. The van der Waals surface area contributed by atoms with Crippen LogP contribution in [0.2, 0.25) is 5.02 Å². The van der Waals surface area contributed by atoms with Gasteiger partial charge in [0, 0.05) is 11.6 Å². The van der Waals surface area contributed by atoms with Gasteiger partial charge in [-0.25, -0.2) is 0 Å². The monoisotopic (exact) mass is 292 g/mol. The molecule has 0 fully saturated rings. The molecule has 0 saturated carbocycles. The van der Waals surface area contributed by atoms with Gasteiger partial charge >= 0.3 is 0 Å². The normalized spacial score (nSPS) is 10.9. The van der Waals surface area contributed by atoms with Crippen molar-refractivity contribution in [1.29, 1.82) is 0 Å². The molecule has 2 N–H and O–H groups in total. The molecule has 0 spiro atoms. The van der Waals surface area contributed by atoms with E-state index in [4.69, 9.17) is 16.3 Å². The fourth-order valence-electron chi connectivity index (χ4n) is 1.62. The molecular weight excluding hydrogens is 280 g/mol. The van der Waals surface area contributed by atoms with Crippen molar-refractivity contribution in [3.05, 3.63) is 47.0 Å². The lowest BCUT2D eigenvalue weighted by Crippen LogP contribution is -1.83. The Hall–Kier alpha value is -2.11. The van der Waals surface area contributed by atoms with Crippen molar-refractivity contribution >= 4 is 23.0 Å². The lowest BCUT2D eigenvalue weighted by Gasteiger charge is -2.04. The molecule has 0 radical (unpaired) electrons. The van der Waals surface area contributed by atoms with Crippen LogP contribution >= 0.6 is 11.6 Å². The van der Waals surface area contributed by atoms with E-state index in [1.54, 1.807) is 37.4 Å². The zero-order chi connectivity index (χ0) is 14.5. The molecule has 0 atom stereocenters. The SMILES string of the molecule is COc1ccc(N=Nc2c(O)cccc2CO)c(Cl)c1. The second-order valence-electron chi connectivity index (χ2n) is 3.96. The molecule has 0 heterocycles. The highest BCUT2D eigenvalue weighted by Gasteiger charge is 2.07. The topological polar surface area (TPSA) is 74.4 Å². The van der Waals surface area contributed by atoms with Crippen molar-refractivity contribution in [2.24, 2.45) is 10.2 Å². The molecule has 2 aromatic rings. The average Bonchev–Trinajstić information content (AvgIpc) is 2.46. The first-order valence-electron chi connectivity index (χ1n) is 5.82. The quantitative estimate of drug-likeness (QED) is 0.838. The van der Waals surface area contributed by atoms with Crippen LogP contribution in [0.4, 0.5) is 11.4 Å². The predicted octanol–water partition coefficient (Wildman–Crippen LogP) is 3.96. The van der Waals surface area contributed by atoms with Crippen molar-refractivity contribution in [3.8, 4) is 11.5 Å². The molecule has 0 amide bonds. The molecule has 6 heteroatoms. The number of aromatic hydroxyl groups is 1. The molecule has 0 aliphatic carbocycles. The van der Waals surface area contributed by atoms with Crippen molar-refractivity contribution in [2.45, 2.75) is 6.61 Å². The van der Waals surface area contributed by atoms with Crippen LogP contribution in [0.15, 0.2) is 46.6 Å². The van der Waals surface area contributed by atoms with Gasteiger partial charge in [-0.2, -0.15) is 0 Å². The molecule has 0 aliphatic rings. The summed E-state index contributed by atoms with van der Waals surface area (Å²) >= 11 is 6.04. The van der Waals surface area contributed by atoms with E-state index in [0.717, 1.165) is 0 Å². The van der Waals surface area contributed by atoms with E-state index in [9.17, 15) is 10.2 Å². The largest absolute Gasteiger partial charge is 0.506 e. The van der Waals surface area contributed by atoms with Gasteiger partial charge in [-0.05, 0) is 18.2 Å². The third-order valence-corrected chi connectivity index (χ3v) is 2.98. The summed E-state index contributed by atoms with van der Waals surface area (Å²) in [5.41, 5.74) is 1.15. The third kappa shape index (κ3) is 3.07. The molecular formula is C14H13ClN2O3. The maximum absolute atomic E-state index is 9.73. The second kappa shape index (κ2) is 6.36. The second-order valence-corrected chi connectivity index (χ2v) is 4.37. The standard InChI is InChI=1S/C14H13ClN2O3/c1-20-10-5-6-12(11(15)7-10)16-17-14-9(8-18)3-2-4-13(14)19/h2-7,18-19H,8H2,1H3. The first kappa shape index (κ1) is 14.3. The maximum atomic E-state index is 9.73. The smallest absolute Gasteiger partial charge is 0.143 e. The summed E-state index contributed by atoms with van der Waals surface area (Å²) in [7, 11) is 1.54.